The monoisotopic (exact) mass is 283 g/mol. The number of nitrogens with zero attached hydrogens (tertiary/aromatic N) is 1. The molecule has 1 atom stereocenters. The van der Waals surface area contributed by atoms with Crippen LogP contribution in [-0.2, 0) is 27.2 Å². The maximum atomic E-state index is 12.3. The first kappa shape index (κ1) is 14.5. The molecule has 0 bridgehead atoms. The maximum Gasteiger partial charge on any atom is 0.251 e. The molecule has 0 fully saturated rings. The predicted octanol–water partition coefficient (Wildman–Crippen LogP) is 2.07. The summed E-state index contributed by atoms with van der Waals surface area (Å²) in [4.78, 5) is 15.6. The molecule has 2 rings (SSSR count). The molecule has 0 saturated heterocycles. The highest BCUT2D eigenvalue weighted by molar-refractivity contribution is 7.10. The van der Waals surface area contributed by atoms with Crippen LogP contribution in [-0.4, -0.2) is 43.3 Å². The summed E-state index contributed by atoms with van der Waals surface area (Å²) in [5, 5.41) is 2.10. The van der Waals surface area contributed by atoms with Gasteiger partial charge >= 0.3 is 0 Å². The van der Waals surface area contributed by atoms with E-state index >= 15 is 0 Å². The second kappa shape index (κ2) is 7.03. The molecule has 19 heavy (non-hydrogen) atoms. The number of rotatable bonds is 6. The number of amides is 1. The first-order valence-electron chi connectivity index (χ1n) is 6.75. The minimum Gasteiger partial charge on any atom is -0.379 e. The zero-order valence-electron chi connectivity index (χ0n) is 11.6. The van der Waals surface area contributed by atoms with Gasteiger partial charge in [0.25, 0.3) is 5.91 Å². The SMILES string of the molecule is CCOCCO[C@@H](C)C(=O)N1CCc2sccc2C1. The lowest BCUT2D eigenvalue weighted by atomic mass is 10.1. The molecule has 0 radical (unpaired) electrons. The zero-order valence-corrected chi connectivity index (χ0v) is 12.4. The molecule has 0 unspecified atom stereocenters. The molecule has 1 amide bonds. The number of hydrogen-bond donors (Lipinski definition) is 0. The van der Waals surface area contributed by atoms with Crippen LogP contribution in [0.15, 0.2) is 11.4 Å². The third-order valence-electron chi connectivity index (χ3n) is 3.27. The number of thiophene rings is 1. The molecule has 1 aliphatic rings. The van der Waals surface area contributed by atoms with Crippen LogP contribution in [0, 0.1) is 0 Å². The van der Waals surface area contributed by atoms with Crippen molar-refractivity contribution in [3.8, 4) is 0 Å². The smallest absolute Gasteiger partial charge is 0.251 e. The van der Waals surface area contributed by atoms with Crippen molar-refractivity contribution in [1.29, 1.82) is 0 Å². The van der Waals surface area contributed by atoms with Gasteiger partial charge in [-0.3, -0.25) is 4.79 Å². The number of ether oxygens (including phenoxy) is 2. The molecule has 1 aromatic heterocycles. The number of carbonyl (C=O) groups is 1. The second-order valence-electron chi connectivity index (χ2n) is 4.59. The third kappa shape index (κ3) is 3.78. The van der Waals surface area contributed by atoms with E-state index in [-0.39, 0.29) is 12.0 Å². The summed E-state index contributed by atoms with van der Waals surface area (Å²) in [6.07, 6.45) is 0.574. The average Bonchev–Trinajstić information content (AvgIpc) is 2.89. The van der Waals surface area contributed by atoms with Crippen molar-refractivity contribution in [2.24, 2.45) is 0 Å². The number of hydrogen-bond acceptors (Lipinski definition) is 4. The highest BCUT2D eigenvalue weighted by Gasteiger charge is 2.25. The number of fused-ring (bicyclic) bond motifs is 1. The summed E-state index contributed by atoms with van der Waals surface area (Å²) in [5.74, 6) is 0.0772. The fourth-order valence-electron chi connectivity index (χ4n) is 2.19. The lowest BCUT2D eigenvalue weighted by Crippen LogP contribution is -2.42. The van der Waals surface area contributed by atoms with Crippen LogP contribution in [0.4, 0.5) is 0 Å². The van der Waals surface area contributed by atoms with E-state index in [0.717, 1.165) is 19.5 Å². The van der Waals surface area contributed by atoms with Gasteiger partial charge in [0.05, 0.1) is 13.2 Å². The Morgan fingerprint density at radius 2 is 2.37 bits per heavy atom. The van der Waals surface area contributed by atoms with Crippen molar-refractivity contribution in [3.63, 3.8) is 0 Å². The summed E-state index contributed by atoms with van der Waals surface area (Å²) in [5.41, 5.74) is 1.28. The standard InChI is InChI=1S/C14H21NO3S/c1-3-17-7-8-18-11(2)14(16)15-6-4-13-12(10-15)5-9-19-13/h5,9,11H,3-4,6-8,10H2,1-2H3/t11-/m0/s1. The van der Waals surface area contributed by atoms with Gasteiger partial charge in [-0.05, 0) is 37.3 Å². The van der Waals surface area contributed by atoms with Crippen molar-refractivity contribution < 1.29 is 14.3 Å². The van der Waals surface area contributed by atoms with Gasteiger partial charge in [-0.2, -0.15) is 0 Å². The molecule has 0 spiro atoms. The summed E-state index contributed by atoms with van der Waals surface area (Å²) < 4.78 is 10.7. The van der Waals surface area contributed by atoms with E-state index in [9.17, 15) is 4.79 Å². The Labute approximate surface area is 118 Å². The summed E-state index contributed by atoms with van der Waals surface area (Å²) in [6.45, 7) is 6.97. The van der Waals surface area contributed by atoms with Gasteiger partial charge in [-0.25, -0.2) is 0 Å². The quantitative estimate of drug-likeness (QED) is 0.750. The predicted molar refractivity (Wildman–Crippen MR) is 75.3 cm³/mol. The molecule has 0 saturated carbocycles. The van der Waals surface area contributed by atoms with Crippen LogP contribution >= 0.6 is 11.3 Å². The lowest BCUT2D eigenvalue weighted by molar-refractivity contribution is -0.144. The van der Waals surface area contributed by atoms with Gasteiger partial charge in [0, 0.05) is 24.6 Å². The Morgan fingerprint density at radius 1 is 1.53 bits per heavy atom. The third-order valence-corrected chi connectivity index (χ3v) is 4.29. The second-order valence-corrected chi connectivity index (χ2v) is 5.59. The summed E-state index contributed by atoms with van der Waals surface area (Å²) >= 11 is 1.78. The normalized spacial score (nSPS) is 16.2. The number of carbonyl (C=O) groups excluding carboxylic acids is 1. The van der Waals surface area contributed by atoms with Gasteiger partial charge in [0.2, 0.25) is 0 Å². The zero-order chi connectivity index (χ0) is 13.7. The van der Waals surface area contributed by atoms with Crippen molar-refractivity contribution in [3.05, 3.63) is 21.9 Å². The van der Waals surface area contributed by atoms with E-state index in [1.165, 1.54) is 10.4 Å². The maximum absolute atomic E-state index is 12.3. The van der Waals surface area contributed by atoms with Crippen LogP contribution in [0.1, 0.15) is 24.3 Å². The Balaban J connectivity index is 1.80. The molecule has 0 N–H and O–H groups in total. The molecular weight excluding hydrogens is 262 g/mol. The molecule has 2 heterocycles. The Bertz CT molecular complexity index is 419. The van der Waals surface area contributed by atoms with Crippen LogP contribution in [0.5, 0.6) is 0 Å². The Morgan fingerprint density at radius 3 is 3.16 bits per heavy atom. The Hall–Kier alpha value is -0.910. The molecule has 1 aromatic rings. The first-order chi connectivity index (χ1) is 9.22. The van der Waals surface area contributed by atoms with E-state index in [0.29, 0.717) is 19.8 Å². The van der Waals surface area contributed by atoms with Gasteiger partial charge < -0.3 is 14.4 Å². The highest BCUT2D eigenvalue weighted by atomic mass is 32.1. The topological polar surface area (TPSA) is 38.8 Å². The van der Waals surface area contributed by atoms with Crippen molar-refractivity contribution in [2.75, 3.05) is 26.4 Å². The van der Waals surface area contributed by atoms with Gasteiger partial charge in [-0.1, -0.05) is 0 Å². The van der Waals surface area contributed by atoms with Crippen molar-refractivity contribution >= 4 is 17.2 Å². The average molecular weight is 283 g/mol. The summed E-state index contributed by atoms with van der Waals surface area (Å²) in [6, 6.07) is 2.11. The van der Waals surface area contributed by atoms with E-state index in [1.807, 2.05) is 18.7 Å². The molecule has 106 valence electrons. The molecular formula is C14H21NO3S. The van der Waals surface area contributed by atoms with Gasteiger partial charge in [-0.15, -0.1) is 11.3 Å². The molecule has 0 aliphatic carbocycles. The fraction of sp³-hybridized carbons (Fsp3) is 0.643. The minimum atomic E-state index is -0.388. The van der Waals surface area contributed by atoms with E-state index in [4.69, 9.17) is 9.47 Å². The molecule has 5 heteroatoms. The van der Waals surface area contributed by atoms with Crippen LogP contribution in [0.3, 0.4) is 0 Å². The van der Waals surface area contributed by atoms with Gasteiger partial charge in [0.1, 0.15) is 6.10 Å². The van der Waals surface area contributed by atoms with Gasteiger partial charge in [0.15, 0.2) is 0 Å². The fourth-order valence-corrected chi connectivity index (χ4v) is 3.08. The molecule has 1 aliphatic heterocycles. The Kier molecular flexibility index (Phi) is 5.36. The van der Waals surface area contributed by atoms with Crippen LogP contribution in [0.2, 0.25) is 0 Å². The molecule has 0 aromatic carbocycles. The lowest BCUT2D eigenvalue weighted by Gasteiger charge is -2.29. The summed E-state index contributed by atoms with van der Waals surface area (Å²) in [7, 11) is 0. The van der Waals surface area contributed by atoms with E-state index in [1.54, 1.807) is 11.3 Å². The van der Waals surface area contributed by atoms with Crippen LogP contribution < -0.4 is 0 Å². The first-order valence-corrected chi connectivity index (χ1v) is 7.63. The largest absolute Gasteiger partial charge is 0.379 e. The molecule has 4 nitrogen and oxygen atoms in total. The highest BCUT2D eigenvalue weighted by Crippen LogP contribution is 2.24. The van der Waals surface area contributed by atoms with Crippen LogP contribution in [0.25, 0.3) is 0 Å². The van der Waals surface area contributed by atoms with Crippen molar-refractivity contribution in [2.45, 2.75) is 32.9 Å². The minimum absolute atomic E-state index is 0.0772. The van der Waals surface area contributed by atoms with E-state index in [2.05, 4.69) is 11.4 Å². The van der Waals surface area contributed by atoms with Crippen molar-refractivity contribution in [1.82, 2.24) is 4.90 Å². The van der Waals surface area contributed by atoms with E-state index < -0.39 is 0 Å².